The van der Waals surface area contributed by atoms with Crippen LogP contribution in [0.3, 0.4) is 0 Å². The number of methoxy groups -OCH3 is 1. The summed E-state index contributed by atoms with van der Waals surface area (Å²) in [7, 11) is 1.61. The summed E-state index contributed by atoms with van der Waals surface area (Å²) in [5, 5.41) is 22.1. The molecule has 2 atom stereocenters. The summed E-state index contributed by atoms with van der Waals surface area (Å²) in [4.78, 5) is 24.0. The summed E-state index contributed by atoms with van der Waals surface area (Å²) < 4.78 is 54.0. The third-order valence-electron chi connectivity index (χ3n) is 6.94. The molecule has 14 heteroatoms. The average molecular weight is 683 g/mol. The van der Waals surface area contributed by atoms with E-state index in [-0.39, 0.29) is 18.9 Å². The van der Waals surface area contributed by atoms with Gasteiger partial charge in [-0.2, -0.15) is 13.2 Å². The molecular formula is C33H38ClF3N2O8. The van der Waals surface area contributed by atoms with Crippen molar-refractivity contribution in [3.8, 4) is 23.0 Å². The minimum absolute atomic E-state index is 0.169. The van der Waals surface area contributed by atoms with Crippen LogP contribution in [-0.2, 0) is 9.59 Å². The maximum absolute atomic E-state index is 12.8. The van der Waals surface area contributed by atoms with E-state index in [9.17, 15) is 23.1 Å². The zero-order valence-corrected chi connectivity index (χ0v) is 26.5. The van der Waals surface area contributed by atoms with E-state index >= 15 is 0 Å². The molecule has 0 radical (unpaired) electrons. The van der Waals surface area contributed by atoms with Gasteiger partial charge in [-0.05, 0) is 92.2 Å². The van der Waals surface area contributed by atoms with Crippen LogP contribution < -0.4 is 24.3 Å². The van der Waals surface area contributed by atoms with E-state index in [0.29, 0.717) is 41.8 Å². The highest BCUT2D eigenvalue weighted by molar-refractivity contribution is 6.30. The standard InChI is InChI=1S/C31H37ClN2O6.C2HF3O2/c1-37-25-12-14-28(15-13-25)38-19-16-30(35)33-29(22-34-17-2-3-18-34)31(36)23-4-8-26(9-5-23)39-20-21-40-27-10-6-24(32)7-11-27;3-2(4,5)1(6)7/h4-15,29,31,36H,2-3,16-22H2,1H3,(H,33,35);(H,6,7)/t29-,31-;/m1./s1. The topological polar surface area (TPSA) is 127 Å². The molecule has 1 aliphatic rings. The summed E-state index contributed by atoms with van der Waals surface area (Å²) in [5.41, 5.74) is 0.712. The number of hydrogen-bond donors (Lipinski definition) is 3. The van der Waals surface area contributed by atoms with Gasteiger partial charge in [0.1, 0.15) is 42.3 Å². The molecule has 47 heavy (non-hydrogen) atoms. The SMILES string of the molecule is COc1ccc(OCCC(=O)N[C@H](CN2CCCC2)[C@H](O)c2ccc(OCCOc3ccc(Cl)cc3)cc2)cc1.O=C(O)C(F)(F)F. The van der Waals surface area contributed by atoms with Crippen LogP contribution in [0.1, 0.15) is 30.9 Å². The maximum atomic E-state index is 12.8. The fourth-order valence-electron chi connectivity index (χ4n) is 4.52. The van der Waals surface area contributed by atoms with E-state index in [1.54, 1.807) is 31.4 Å². The quantitative estimate of drug-likeness (QED) is 0.178. The number of rotatable bonds is 15. The van der Waals surface area contributed by atoms with Crippen LogP contribution in [-0.4, -0.2) is 85.8 Å². The summed E-state index contributed by atoms with van der Waals surface area (Å²) in [6.45, 7) is 3.50. The van der Waals surface area contributed by atoms with E-state index in [1.165, 1.54) is 0 Å². The number of hydrogen-bond acceptors (Lipinski definition) is 8. The van der Waals surface area contributed by atoms with Crippen molar-refractivity contribution in [3.05, 3.63) is 83.4 Å². The van der Waals surface area contributed by atoms with Crippen LogP contribution >= 0.6 is 11.6 Å². The number of benzene rings is 3. The lowest BCUT2D eigenvalue weighted by molar-refractivity contribution is -0.192. The largest absolute Gasteiger partial charge is 0.497 e. The van der Waals surface area contributed by atoms with Gasteiger partial charge in [-0.15, -0.1) is 0 Å². The first-order chi connectivity index (χ1) is 22.4. The summed E-state index contributed by atoms with van der Waals surface area (Å²) in [6.07, 6.45) is -3.52. The summed E-state index contributed by atoms with van der Waals surface area (Å²) >= 11 is 5.89. The molecule has 1 amide bonds. The summed E-state index contributed by atoms with van der Waals surface area (Å²) in [6, 6.07) is 21.2. The Bertz CT molecular complexity index is 1370. The first kappa shape index (κ1) is 37.3. The van der Waals surface area contributed by atoms with Gasteiger partial charge >= 0.3 is 12.1 Å². The predicted octanol–water partition coefficient (Wildman–Crippen LogP) is 5.52. The number of carboxylic acid groups (broad SMARTS) is 1. The molecular weight excluding hydrogens is 645 g/mol. The molecule has 1 aliphatic heterocycles. The van der Waals surface area contributed by atoms with E-state index < -0.39 is 24.3 Å². The Morgan fingerprint density at radius 1 is 0.830 bits per heavy atom. The number of carbonyl (C=O) groups excluding carboxylic acids is 1. The molecule has 0 spiro atoms. The number of aliphatic hydroxyl groups excluding tert-OH is 1. The molecule has 256 valence electrons. The van der Waals surface area contributed by atoms with E-state index in [0.717, 1.165) is 37.4 Å². The molecule has 0 bridgehead atoms. The molecule has 0 unspecified atom stereocenters. The molecule has 1 fully saturated rings. The normalized spacial score (nSPS) is 14.3. The zero-order valence-electron chi connectivity index (χ0n) is 25.7. The second kappa shape index (κ2) is 18.8. The maximum Gasteiger partial charge on any atom is 0.490 e. The first-order valence-electron chi connectivity index (χ1n) is 14.8. The predicted molar refractivity (Wildman–Crippen MR) is 168 cm³/mol. The minimum Gasteiger partial charge on any atom is -0.497 e. The van der Waals surface area contributed by atoms with E-state index in [1.807, 2.05) is 48.5 Å². The van der Waals surface area contributed by atoms with Crippen LogP contribution in [0.4, 0.5) is 13.2 Å². The van der Waals surface area contributed by atoms with Gasteiger partial charge < -0.3 is 39.4 Å². The van der Waals surface area contributed by atoms with Crippen LogP contribution in [0.25, 0.3) is 0 Å². The molecule has 0 saturated carbocycles. The number of halogens is 4. The van der Waals surface area contributed by atoms with Gasteiger partial charge in [-0.3, -0.25) is 4.79 Å². The average Bonchev–Trinajstić information content (AvgIpc) is 3.57. The van der Waals surface area contributed by atoms with Crippen molar-refractivity contribution in [2.75, 3.05) is 46.6 Å². The Morgan fingerprint density at radius 3 is 1.77 bits per heavy atom. The zero-order chi connectivity index (χ0) is 34.2. The molecule has 3 N–H and O–H groups in total. The number of nitrogens with zero attached hydrogens (tertiary/aromatic N) is 1. The van der Waals surface area contributed by atoms with Crippen molar-refractivity contribution in [1.82, 2.24) is 10.2 Å². The molecule has 1 saturated heterocycles. The molecule has 0 aliphatic carbocycles. The second-order valence-electron chi connectivity index (χ2n) is 10.4. The van der Waals surface area contributed by atoms with E-state index in [2.05, 4.69) is 10.2 Å². The van der Waals surface area contributed by atoms with Gasteiger partial charge in [-0.25, -0.2) is 4.79 Å². The third-order valence-corrected chi connectivity index (χ3v) is 7.19. The number of likely N-dealkylation sites (tertiary alicyclic amines) is 1. The number of nitrogens with one attached hydrogen (secondary N) is 1. The molecule has 10 nitrogen and oxygen atoms in total. The van der Waals surface area contributed by atoms with Gasteiger partial charge in [0.05, 0.1) is 26.2 Å². The van der Waals surface area contributed by atoms with Gasteiger partial charge in [-0.1, -0.05) is 23.7 Å². The number of amides is 1. The van der Waals surface area contributed by atoms with E-state index in [4.69, 9.17) is 40.4 Å². The van der Waals surface area contributed by atoms with Crippen LogP contribution in [0, 0.1) is 0 Å². The van der Waals surface area contributed by atoms with Crippen LogP contribution in [0.2, 0.25) is 5.02 Å². The third kappa shape index (κ3) is 13.6. The minimum atomic E-state index is -5.08. The van der Waals surface area contributed by atoms with Gasteiger partial charge in [0.25, 0.3) is 0 Å². The molecule has 4 rings (SSSR count). The van der Waals surface area contributed by atoms with Crippen LogP contribution in [0.5, 0.6) is 23.0 Å². The van der Waals surface area contributed by atoms with Gasteiger partial charge in [0, 0.05) is 11.6 Å². The smallest absolute Gasteiger partial charge is 0.490 e. The number of aliphatic carboxylic acids is 1. The Kier molecular flexibility index (Phi) is 14.9. The number of carbonyl (C=O) groups is 2. The fraction of sp³-hybridized carbons (Fsp3) is 0.394. The molecule has 3 aromatic carbocycles. The second-order valence-corrected chi connectivity index (χ2v) is 10.9. The van der Waals surface area contributed by atoms with Crippen molar-refractivity contribution >= 4 is 23.5 Å². The summed E-state index contributed by atoms with van der Waals surface area (Å²) in [5.74, 6) is -0.117. The van der Waals surface area contributed by atoms with Gasteiger partial charge in [0.2, 0.25) is 5.91 Å². The van der Waals surface area contributed by atoms with Crippen molar-refractivity contribution in [3.63, 3.8) is 0 Å². The van der Waals surface area contributed by atoms with Crippen molar-refractivity contribution < 1.29 is 51.9 Å². The highest BCUT2D eigenvalue weighted by Crippen LogP contribution is 2.23. The molecule has 3 aromatic rings. The Hall–Kier alpha value is -4.20. The lowest BCUT2D eigenvalue weighted by atomic mass is 10.0. The van der Waals surface area contributed by atoms with Gasteiger partial charge in [0.15, 0.2) is 0 Å². The first-order valence-corrected chi connectivity index (χ1v) is 15.2. The fourth-order valence-corrected chi connectivity index (χ4v) is 4.65. The van der Waals surface area contributed by atoms with Crippen molar-refractivity contribution in [1.29, 1.82) is 0 Å². The highest BCUT2D eigenvalue weighted by Gasteiger charge is 2.38. The Labute approximate surface area is 275 Å². The lowest BCUT2D eigenvalue weighted by Crippen LogP contribution is -2.47. The monoisotopic (exact) mass is 682 g/mol. The highest BCUT2D eigenvalue weighted by atomic mass is 35.5. The van der Waals surface area contributed by atoms with Crippen molar-refractivity contribution in [2.24, 2.45) is 0 Å². The number of alkyl halides is 3. The number of carboxylic acids is 1. The van der Waals surface area contributed by atoms with Crippen LogP contribution in [0.15, 0.2) is 72.8 Å². The van der Waals surface area contributed by atoms with Crippen molar-refractivity contribution in [2.45, 2.75) is 37.6 Å². The molecule has 1 heterocycles. The lowest BCUT2D eigenvalue weighted by Gasteiger charge is -2.29. The number of ether oxygens (including phenoxy) is 4. The Morgan fingerprint density at radius 2 is 1.28 bits per heavy atom. The number of aliphatic hydroxyl groups is 1. The molecule has 0 aromatic heterocycles. The Balaban J connectivity index is 0.000000771.